The van der Waals surface area contributed by atoms with Crippen LogP contribution in [0.5, 0.6) is 0 Å². The Hall–Kier alpha value is -3.45. The highest BCUT2D eigenvalue weighted by Crippen LogP contribution is 2.26. The summed E-state index contributed by atoms with van der Waals surface area (Å²) in [6.07, 6.45) is 0. The van der Waals surface area contributed by atoms with Crippen LogP contribution in [-0.4, -0.2) is 25.7 Å². The van der Waals surface area contributed by atoms with Crippen LogP contribution in [0.1, 0.15) is 11.7 Å². The van der Waals surface area contributed by atoms with E-state index in [9.17, 15) is 4.79 Å². The second-order valence-corrected chi connectivity index (χ2v) is 6.15. The van der Waals surface area contributed by atoms with Gasteiger partial charge in [-0.3, -0.25) is 4.79 Å². The first-order valence-electron chi connectivity index (χ1n) is 8.23. The van der Waals surface area contributed by atoms with Gasteiger partial charge >= 0.3 is 0 Å². The fraction of sp³-hybridized carbons (Fsp3) is 0.0500. The molecule has 0 saturated carbocycles. The van der Waals surface area contributed by atoms with E-state index < -0.39 is 0 Å². The lowest BCUT2D eigenvalue weighted by atomic mass is 10.1. The lowest BCUT2D eigenvalue weighted by Gasteiger charge is -2.07. The Kier molecular flexibility index (Phi) is 4.43. The van der Waals surface area contributed by atoms with E-state index in [2.05, 4.69) is 15.1 Å². The van der Waals surface area contributed by atoms with Gasteiger partial charge in [0, 0.05) is 18.1 Å². The third-order valence-electron chi connectivity index (χ3n) is 3.90. The number of benzene rings is 2. The predicted molar refractivity (Wildman–Crippen MR) is 104 cm³/mol. The van der Waals surface area contributed by atoms with Gasteiger partial charge in [0.05, 0.1) is 11.4 Å². The topological polar surface area (TPSA) is 73.8 Å². The van der Waals surface area contributed by atoms with Crippen molar-refractivity contribution < 1.29 is 9.21 Å². The standard InChI is InChI=1S/C20H14N4O2S/c1-13(25)24-20(27)26-19(23-24)18-21-16(14-8-4-2-5-9-14)12-17(22-18)15-10-6-3-7-11-15/h2-12H,1H3. The lowest BCUT2D eigenvalue weighted by Crippen LogP contribution is -2.07. The molecule has 2 aromatic heterocycles. The van der Waals surface area contributed by atoms with Gasteiger partial charge in [0.1, 0.15) is 0 Å². The smallest absolute Gasteiger partial charge is 0.294 e. The first-order valence-corrected chi connectivity index (χ1v) is 8.64. The Bertz CT molecular complexity index is 1110. The molecule has 2 heterocycles. The molecule has 7 heteroatoms. The zero-order valence-corrected chi connectivity index (χ0v) is 15.2. The molecule has 0 aliphatic heterocycles. The SMILES string of the molecule is CC(=O)n1nc(-c2nc(-c3ccccc3)cc(-c3ccccc3)n2)oc1=S. The van der Waals surface area contributed by atoms with Crippen LogP contribution in [0.3, 0.4) is 0 Å². The molecule has 0 aliphatic rings. The van der Waals surface area contributed by atoms with Crippen LogP contribution in [0.25, 0.3) is 34.2 Å². The average molecular weight is 374 g/mol. The third-order valence-corrected chi connectivity index (χ3v) is 4.16. The minimum atomic E-state index is -0.336. The van der Waals surface area contributed by atoms with Crippen LogP contribution in [0.4, 0.5) is 0 Å². The Balaban J connectivity index is 1.92. The molecule has 0 radical (unpaired) electrons. The number of rotatable bonds is 3. The van der Waals surface area contributed by atoms with Gasteiger partial charge < -0.3 is 4.42 Å². The van der Waals surface area contributed by atoms with E-state index in [-0.39, 0.29) is 22.5 Å². The molecule has 0 aliphatic carbocycles. The maximum Gasteiger partial charge on any atom is 0.294 e. The largest absolute Gasteiger partial charge is 0.406 e. The first-order chi connectivity index (χ1) is 13.1. The van der Waals surface area contributed by atoms with Crippen molar-refractivity contribution in [1.29, 1.82) is 0 Å². The van der Waals surface area contributed by atoms with E-state index in [1.54, 1.807) is 0 Å². The maximum atomic E-state index is 11.6. The Morgan fingerprint density at radius 3 is 1.89 bits per heavy atom. The summed E-state index contributed by atoms with van der Waals surface area (Å²) in [5.41, 5.74) is 3.31. The van der Waals surface area contributed by atoms with Crippen LogP contribution < -0.4 is 0 Å². The molecule has 0 unspecified atom stereocenters. The van der Waals surface area contributed by atoms with Gasteiger partial charge in [-0.2, -0.15) is 4.68 Å². The van der Waals surface area contributed by atoms with Gasteiger partial charge in [0.15, 0.2) is 0 Å². The summed E-state index contributed by atoms with van der Waals surface area (Å²) in [5.74, 6) is 0.0314. The zero-order valence-electron chi connectivity index (χ0n) is 14.4. The Morgan fingerprint density at radius 2 is 1.44 bits per heavy atom. The van der Waals surface area contributed by atoms with E-state index in [1.807, 2.05) is 66.7 Å². The van der Waals surface area contributed by atoms with E-state index >= 15 is 0 Å². The summed E-state index contributed by atoms with van der Waals surface area (Å²) in [6.45, 7) is 1.36. The summed E-state index contributed by atoms with van der Waals surface area (Å²) < 4.78 is 6.48. The second-order valence-electron chi connectivity index (χ2n) is 5.80. The normalized spacial score (nSPS) is 10.7. The molecule has 0 amide bonds. The maximum absolute atomic E-state index is 11.6. The van der Waals surface area contributed by atoms with Gasteiger partial charge in [0.25, 0.3) is 10.7 Å². The van der Waals surface area contributed by atoms with Gasteiger partial charge in [-0.25, -0.2) is 9.97 Å². The fourth-order valence-corrected chi connectivity index (χ4v) is 2.87. The van der Waals surface area contributed by atoms with Gasteiger partial charge in [-0.15, -0.1) is 5.10 Å². The van der Waals surface area contributed by atoms with Crippen LogP contribution in [-0.2, 0) is 0 Å². The summed E-state index contributed by atoms with van der Waals surface area (Å²) in [5, 5.41) is 4.12. The number of hydrogen-bond donors (Lipinski definition) is 0. The summed E-state index contributed by atoms with van der Waals surface area (Å²) in [4.78, 5) is 20.7. The minimum Gasteiger partial charge on any atom is -0.406 e. The summed E-state index contributed by atoms with van der Waals surface area (Å²) in [7, 11) is 0. The van der Waals surface area contributed by atoms with Gasteiger partial charge in [0.2, 0.25) is 11.7 Å². The zero-order chi connectivity index (χ0) is 18.8. The molecule has 0 atom stereocenters. The average Bonchev–Trinajstić information content (AvgIpc) is 3.11. The van der Waals surface area contributed by atoms with Crippen LogP contribution in [0, 0.1) is 4.84 Å². The van der Waals surface area contributed by atoms with E-state index in [0.717, 1.165) is 27.2 Å². The van der Waals surface area contributed by atoms with Crippen molar-refractivity contribution in [3.63, 3.8) is 0 Å². The van der Waals surface area contributed by atoms with Crippen LogP contribution >= 0.6 is 12.2 Å². The quantitative estimate of drug-likeness (QED) is 0.486. The van der Waals surface area contributed by atoms with Crippen molar-refractivity contribution in [3.05, 3.63) is 71.6 Å². The highest BCUT2D eigenvalue weighted by molar-refractivity contribution is 7.71. The second kappa shape index (κ2) is 7.05. The highest BCUT2D eigenvalue weighted by Gasteiger charge is 2.16. The van der Waals surface area contributed by atoms with Crippen LogP contribution in [0.2, 0.25) is 0 Å². The molecule has 0 saturated heterocycles. The Labute approximate surface area is 160 Å². The molecule has 132 valence electrons. The molecule has 4 rings (SSSR count). The fourth-order valence-electron chi connectivity index (χ4n) is 2.62. The van der Waals surface area contributed by atoms with Crippen LogP contribution in [0.15, 0.2) is 71.1 Å². The first kappa shape index (κ1) is 17.0. The molecule has 6 nitrogen and oxygen atoms in total. The molecular weight excluding hydrogens is 360 g/mol. The van der Waals surface area contributed by atoms with Crippen molar-refractivity contribution in [1.82, 2.24) is 19.7 Å². The molecule has 0 fully saturated rings. The lowest BCUT2D eigenvalue weighted by molar-refractivity contribution is 0.0916. The number of nitrogens with zero attached hydrogens (tertiary/aromatic N) is 4. The minimum absolute atomic E-state index is 0.0347. The Morgan fingerprint density at radius 1 is 0.926 bits per heavy atom. The third kappa shape index (κ3) is 3.45. The van der Waals surface area contributed by atoms with Crippen molar-refractivity contribution in [3.8, 4) is 34.2 Å². The van der Waals surface area contributed by atoms with Crippen molar-refractivity contribution >= 4 is 18.1 Å². The van der Waals surface area contributed by atoms with Gasteiger partial charge in [-0.1, -0.05) is 60.7 Å². The molecule has 0 bridgehead atoms. The molecule has 0 spiro atoms. The number of aromatic nitrogens is 4. The number of hydrogen-bond acceptors (Lipinski definition) is 6. The van der Waals surface area contributed by atoms with E-state index in [1.165, 1.54) is 6.92 Å². The van der Waals surface area contributed by atoms with Crippen molar-refractivity contribution in [2.75, 3.05) is 0 Å². The van der Waals surface area contributed by atoms with E-state index in [4.69, 9.17) is 16.6 Å². The number of carbonyl (C=O) groups excluding carboxylic acids is 1. The number of carbonyl (C=O) groups is 1. The monoisotopic (exact) mass is 374 g/mol. The molecule has 0 N–H and O–H groups in total. The molecule has 4 aromatic rings. The summed E-state index contributed by atoms with van der Waals surface area (Å²) >= 11 is 5.06. The predicted octanol–water partition coefficient (Wildman–Crippen LogP) is 4.66. The van der Waals surface area contributed by atoms with E-state index in [0.29, 0.717) is 0 Å². The van der Waals surface area contributed by atoms with Gasteiger partial charge in [-0.05, 0) is 18.3 Å². The summed E-state index contributed by atoms with van der Waals surface area (Å²) in [6, 6.07) is 21.4. The molecular formula is C20H14N4O2S. The molecule has 27 heavy (non-hydrogen) atoms. The highest BCUT2D eigenvalue weighted by atomic mass is 32.1. The molecule has 2 aromatic carbocycles. The van der Waals surface area contributed by atoms with Crippen molar-refractivity contribution in [2.45, 2.75) is 6.92 Å². The van der Waals surface area contributed by atoms with Crippen molar-refractivity contribution in [2.24, 2.45) is 0 Å².